The van der Waals surface area contributed by atoms with Crippen molar-refractivity contribution in [3.63, 3.8) is 0 Å². The first-order chi connectivity index (χ1) is 6.97. The van der Waals surface area contributed by atoms with Gasteiger partial charge in [-0.15, -0.1) is 0 Å². The maximum Gasteiger partial charge on any atom is 0.355 e. The van der Waals surface area contributed by atoms with Crippen molar-refractivity contribution in [1.82, 2.24) is 4.98 Å². The summed E-state index contributed by atoms with van der Waals surface area (Å²) in [5.41, 5.74) is -1.52. The number of aromatic hydroxyl groups is 1. The van der Waals surface area contributed by atoms with Gasteiger partial charge in [-0.2, -0.15) is 0 Å². The Kier molecular flexibility index (Phi) is 3.57. The van der Waals surface area contributed by atoms with Crippen molar-refractivity contribution < 1.29 is 23.8 Å². The highest BCUT2D eigenvalue weighted by Crippen LogP contribution is 2.28. The summed E-state index contributed by atoms with van der Waals surface area (Å²) >= 11 is 2.95. The van der Waals surface area contributed by atoms with Crippen LogP contribution < -0.4 is 0 Å². The van der Waals surface area contributed by atoms with Gasteiger partial charge in [-0.1, -0.05) is 15.9 Å². The number of nitrogens with zero attached hydrogens (tertiary/aromatic N) is 1. The molecule has 1 heterocycles. The van der Waals surface area contributed by atoms with E-state index in [4.69, 9.17) is 5.11 Å². The van der Waals surface area contributed by atoms with E-state index < -0.39 is 29.4 Å². The van der Waals surface area contributed by atoms with Crippen LogP contribution in [0.1, 0.15) is 28.2 Å². The van der Waals surface area contributed by atoms with Gasteiger partial charge in [-0.25, -0.2) is 18.6 Å². The van der Waals surface area contributed by atoms with Crippen molar-refractivity contribution in [2.75, 3.05) is 0 Å². The molecule has 0 unspecified atom stereocenters. The molecular weight excluding hydrogens is 276 g/mol. The van der Waals surface area contributed by atoms with Gasteiger partial charge in [-0.3, -0.25) is 0 Å². The van der Waals surface area contributed by atoms with Gasteiger partial charge in [0.2, 0.25) is 0 Å². The average molecular weight is 282 g/mol. The number of aromatic nitrogens is 1. The van der Waals surface area contributed by atoms with E-state index in [1.165, 1.54) is 0 Å². The maximum atomic E-state index is 12.4. The van der Waals surface area contributed by atoms with E-state index in [2.05, 4.69) is 20.9 Å². The molecule has 0 fully saturated rings. The Bertz CT molecular complexity index is 398. The molecule has 0 saturated carbocycles. The zero-order valence-corrected chi connectivity index (χ0v) is 8.83. The molecule has 0 atom stereocenters. The molecule has 2 N–H and O–H groups in total. The number of carboxylic acid groups (broad SMARTS) is 1. The monoisotopic (exact) mass is 281 g/mol. The summed E-state index contributed by atoms with van der Waals surface area (Å²) in [5, 5.41) is 17.9. The Balaban J connectivity index is 3.39. The van der Waals surface area contributed by atoms with E-state index in [9.17, 15) is 18.7 Å². The second kappa shape index (κ2) is 4.52. The van der Waals surface area contributed by atoms with Crippen LogP contribution in [0.2, 0.25) is 0 Å². The van der Waals surface area contributed by atoms with Crippen molar-refractivity contribution in [2.24, 2.45) is 0 Å². The van der Waals surface area contributed by atoms with E-state index in [-0.39, 0.29) is 11.0 Å². The van der Waals surface area contributed by atoms with Gasteiger partial charge in [-0.05, 0) is 6.07 Å². The molecule has 82 valence electrons. The SMILES string of the molecule is O=C(O)c1nc(CBr)c(O)cc1C(F)F. The van der Waals surface area contributed by atoms with Crippen molar-refractivity contribution >= 4 is 21.9 Å². The fourth-order valence-corrected chi connectivity index (χ4v) is 1.40. The van der Waals surface area contributed by atoms with Gasteiger partial charge < -0.3 is 10.2 Å². The lowest BCUT2D eigenvalue weighted by atomic mass is 10.1. The number of pyridine rings is 1. The molecule has 0 radical (unpaired) electrons. The molecular formula is C8H6BrF2NO3. The quantitative estimate of drug-likeness (QED) is 0.835. The van der Waals surface area contributed by atoms with Crippen LogP contribution in [0.5, 0.6) is 5.75 Å². The Morgan fingerprint density at radius 1 is 1.60 bits per heavy atom. The number of hydrogen-bond acceptors (Lipinski definition) is 3. The topological polar surface area (TPSA) is 70.4 Å². The number of hydrogen-bond donors (Lipinski definition) is 2. The minimum atomic E-state index is -2.99. The van der Waals surface area contributed by atoms with Gasteiger partial charge in [0, 0.05) is 5.33 Å². The Labute approximate surface area is 91.7 Å². The average Bonchev–Trinajstić information content (AvgIpc) is 2.16. The zero-order valence-electron chi connectivity index (χ0n) is 7.25. The summed E-state index contributed by atoms with van der Waals surface area (Å²) in [5.74, 6) is -2.00. The molecule has 1 aromatic heterocycles. The van der Waals surface area contributed by atoms with Gasteiger partial charge >= 0.3 is 5.97 Å². The predicted molar refractivity (Wildman–Crippen MR) is 50.4 cm³/mol. The number of aromatic carboxylic acids is 1. The van der Waals surface area contributed by atoms with Gasteiger partial charge in [0.05, 0.1) is 11.3 Å². The highest BCUT2D eigenvalue weighted by Gasteiger charge is 2.22. The standard InChI is InChI=1S/C8H6BrF2NO3/c9-2-4-5(13)1-3(7(10)11)6(12-4)8(14)15/h1,7,13H,2H2,(H,14,15). The molecule has 1 aromatic rings. The molecule has 4 nitrogen and oxygen atoms in total. The number of halogens is 3. The summed E-state index contributed by atoms with van der Waals surface area (Å²) in [6, 6.07) is 0.720. The van der Waals surface area contributed by atoms with E-state index in [0.717, 1.165) is 6.07 Å². The summed E-state index contributed by atoms with van der Waals surface area (Å²) in [6.45, 7) is 0. The van der Waals surface area contributed by atoms with Gasteiger partial charge in [0.15, 0.2) is 5.69 Å². The molecule has 15 heavy (non-hydrogen) atoms. The van der Waals surface area contributed by atoms with Crippen LogP contribution in [0.4, 0.5) is 8.78 Å². The van der Waals surface area contributed by atoms with Crippen LogP contribution in [0.25, 0.3) is 0 Å². The van der Waals surface area contributed by atoms with Crippen LogP contribution in [0, 0.1) is 0 Å². The Morgan fingerprint density at radius 2 is 2.20 bits per heavy atom. The molecule has 0 aliphatic rings. The summed E-state index contributed by atoms with van der Waals surface area (Å²) in [4.78, 5) is 14.0. The highest BCUT2D eigenvalue weighted by atomic mass is 79.9. The third-order valence-corrected chi connectivity index (χ3v) is 2.20. The van der Waals surface area contributed by atoms with Gasteiger partial charge in [0.25, 0.3) is 6.43 Å². The largest absolute Gasteiger partial charge is 0.506 e. The molecule has 0 bridgehead atoms. The molecule has 0 aliphatic carbocycles. The first-order valence-electron chi connectivity index (χ1n) is 3.77. The number of rotatable bonds is 3. The second-order valence-electron chi connectivity index (χ2n) is 2.63. The molecule has 7 heteroatoms. The fraction of sp³-hybridized carbons (Fsp3) is 0.250. The first kappa shape index (κ1) is 11.8. The molecule has 0 aliphatic heterocycles. The normalized spacial score (nSPS) is 10.7. The fourth-order valence-electron chi connectivity index (χ4n) is 0.992. The third kappa shape index (κ3) is 2.41. The highest BCUT2D eigenvalue weighted by molar-refractivity contribution is 9.08. The predicted octanol–water partition coefficient (Wildman–Crippen LogP) is 2.32. The lowest BCUT2D eigenvalue weighted by Crippen LogP contribution is -2.08. The minimum Gasteiger partial charge on any atom is -0.506 e. The molecule has 0 saturated heterocycles. The van der Waals surface area contributed by atoms with Crippen LogP contribution in [0.3, 0.4) is 0 Å². The number of carboxylic acids is 1. The van der Waals surface area contributed by atoms with E-state index in [1.807, 2.05) is 0 Å². The lowest BCUT2D eigenvalue weighted by Gasteiger charge is -2.07. The third-order valence-electron chi connectivity index (χ3n) is 1.67. The van der Waals surface area contributed by atoms with E-state index >= 15 is 0 Å². The second-order valence-corrected chi connectivity index (χ2v) is 3.19. The smallest absolute Gasteiger partial charge is 0.355 e. The van der Waals surface area contributed by atoms with Crippen LogP contribution in [0.15, 0.2) is 6.07 Å². The Morgan fingerprint density at radius 3 is 2.60 bits per heavy atom. The molecule has 0 aromatic carbocycles. The van der Waals surface area contributed by atoms with E-state index in [0.29, 0.717) is 0 Å². The van der Waals surface area contributed by atoms with Gasteiger partial charge in [0.1, 0.15) is 5.75 Å². The zero-order chi connectivity index (χ0) is 11.6. The minimum absolute atomic E-state index is 0.0109. The molecule has 1 rings (SSSR count). The summed E-state index contributed by atoms with van der Waals surface area (Å²) in [7, 11) is 0. The Hall–Kier alpha value is -1.24. The molecule has 0 spiro atoms. The number of carbonyl (C=O) groups is 1. The van der Waals surface area contributed by atoms with Crippen LogP contribution >= 0.6 is 15.9 Å². The van der Waals surface area contributed by atoms with Crippen molar-refractivity contribution in [1.29, 1.82) is 0 Å². The van der Waals surface area contributed by atoms with Crippen molar-refractivity contribution in [2.45, 2.75) is 11.8 Å². The molecule has 0 amide bonds. The van der Waals surface area contributed by atoms with Crippen molar-refractivity contribution in [3.8, 4) is 5.75 Å². The first-order valence-corrected chi connectivity index (χ1v) is 4.89. The summed E-state index contributed by atoms with van der Waals surface area (Å²) < 4.78 is 24.8. The van der Waals surface area contributed by atoms with Crippen LogP contribution in [-0.4, -0.2) is 21.2 Å². The summed E-state index contributed by atoms with van der Waals surface area (Å²) in [6.07, 6.45) is -2.99. The van der Waals surface area contributed by atoms with E-state index in [1.54, 1.807) is 0 Å². The van der Waals surface area contributed by atoms with Crippen molar-refractivity contribution in [3.05, 3.63) is 23.0 Å². The maximum absolute atomic E-state index is 12.4. The van der Waals surface area contributed by atoms with Crippen LogP contribution in [-0.2, 0) is 5.33 Å². The lowest BCUT2D eigenvalue weighted by molar-refractivity contribution is 0.0676. The number of alkyl halides is 3.